The number of aliphatic hydroxyl groups excluding tert-OH is 4. The number of hydrogen-bond donors (Lipinski definition) is 12. The van der Waals surface area contributed by atoms with Crippen LogP contribution >= 0.6 is 0 Å². The number of β-amino-alcohol motifs (C(OH)–C–C–N with tert-alkyl or cyclic N) is 1. The van der Waals surface area contributed by atoms with Gasteiger partial charge in [-0.05, 0) is 324 Å². The van der Waals surface area contributed by atoms with Crippen molar-refractivity contribution >= 4 is 0 Å². The van der Waals surface area contributed by atoms with Gasteiger partial charge in [-0.15, -0.1) is 0 Å². The summed E-state index contributed by atoms with van der Waals surface area (Å²) in [5, 5.41) is 62.2. The number of aromatic nitrogens is 1. The molecule has 1 aliphatic carbocycles. The Morgan fingerprint density at radius 1 is 0.438 bits per heavy atom. The topological polar surface area (TPSA) is 206 Å². The van der Waals surface area contributed by atoms with Crippen molar-refractivity contribution < 1.29 is 25.2 Å². The highest BCUT2D eigenvalue weighted by Gasteiger charge is 2.17. The molecule has 0 spiro atoms. The van der Waals surface area contributed by atoms with E-state index in [0.29, 0.717) is 37.9 Å². The van der Waals surface area contributed by atoms with Crippen LogP contribution in [-0.2, 0) is 11.2 Å². The number of ether oxygens (including phenoxy) is 1. The van der Waals surface area contributed by atoms with Gasteiger partial charge in [0.1, 0.15) is 0 Å². The first-order valence-corrected chi connectivity index (χ1v) is 38.1. The molecule has 1 aromatic carbocycles. The predicted octanol–water partition coefficient (Wildman–Crippen LogP) is 13.5. The van der Waals surface area contributed by atoms with E-state index in [9.17, 15) is 5.11 Å². The van der Waals surface area contributed by atoms with Crippen LogP contribution in [0, 0.1) is 5.92 Å². The molecule has 12 N–H and O–H groups in total. The average Bonchev–Trinajstić information content (AvgIpc) is 1.63. The van der Waals surface area contributed by atoms with E-state index < -0.39 is 6.10 Å². The smallest absolute Gasteiger partial charge is 0.0914 e. The second-order valence-corrected chi connectivity index (χ2v) is 34.1. The number of likely N-dealkylation sites (tertiary alicyclic amines) is 2. The van der Waals surface area contributed by atoms with Crippen LogP contribution in [0.4, 0.5) is 0 Å². The first kappa shape index (κ1) is 97.9. The average molecular weight is 1360 g/mol. The zero-order valence-electron chi connectivity index (χ0n) is 67.4. The molecule has 3 heterocycles. The van der Waals surface area contributed by atoms with Gasteiger partial charge >= 0.3 is 0 Å². The van der Waals surface area contributed by atoms with Crippen LogP contribution in [0.5, 0.6) is 0 Å². The third-order valence-corrected chi connectivity index (χ3v) is 15.3. The van der Waals surface area contributed by atoms with Crippen molar-refractivity contribution in [3.8, 4) is 0 Å². The zero-order valence-corrected chi connectivity index (χ0v) is 67.4. The van der Waals surface area contributed by atoms with Crippen molar-refractivity contribution in [3.05, 3.63) is 66.0 Å². The highest BCUT2D eigenvalue weighted by Crippen LogP contribution is 2.26. The van der Waals surface area contributed by atoms with Gasteiger partial charge in [-0.2, -0.15) is 0 Å². The summed E-state index contributed by atoms with van der Waals surface area (Å²) >= 11 is 0. The number of unbranched alkanes of at least 4 members (excludes halogenated alkanes) is 1. The second kappa shape index (κ2) is 58.3. The minimum atomic E-state index is -0.421. The summed E-state index contributed by atoms with van der Waals surface area (Å²) in [4.78, 5) is 9.15. The Labute approximate surface area is 595 Å². The minimum Gasteiger partial charge on any atom is -0.396 e. The molecule has 0 unspecified atom stereocenters. The number of pyridine rings is 1. The number of piperidine rings is 1. The van der Waals surface area contributed by atoms with Gasteiger partial charge in [0.25, 0.3) is 0 Å². The predicted molar refractivity (Wildman–Crippen MR) is 419 cm³/mol. The minimum absolute atomic E-state index is 0.0513. The first-order valence-electron chi connectivity index (χ1n) is 38.1. The Balaban J connectivity index is -0.00000103. The van der Waals surface area contributed by atoms with E-state index >= 15 is 0 Å². The van der Waals surface area contributed by atoms with Crippen LogP contribution < -0.4 is 42.5 Å². The van der Waals surface area contributed by atoms with Crippen molar-refractivity contribution in [3.63, 3.8) is 0 Å². The van der Waals surface area contributed by atoms with E-state index in [2.05, 4.69) is 229 Å². The maximum atomic E-state index is 9.82. The lowest BCUT2D eigenvalue weighted by Gasteiger charge is -2.27. The van der Waals surface area contributed by atoms with Gasteiger partial charge in [0, 0.05) is 83.5 Å². The number of aliphatic hydroxyl groups is 4. The molecule has 2 saturated heterocycles. The van der Waals surface area contributed by atoms with Crippen LogP contribution in [0.3, 0.4) is 0 Å². The summed E-state index contributed by atoms with van der Waals surface area (Å²) in [6.07, 6.45) is 25.6. The zero-order chi connectivity index (χ0) is 73.4. The van der Waals surface area contributed by atoms with E-state index in [4.69, 9.17) is 20.1 Å². The lowest BCUT2D eigenvalue weighted by atomic mass is 9.87. The van der Waals surface area contributed by atoms with Crippen LogP contribution in [0.1, 0.15) is 279 Å². The molecule has 1 aromatic heterocycles. The number of rotatable bonds is 30. The Bertz CT molecular complexity index is 1920. The van der Waals surface area contributed by atoms with Crippen molar-refractivity contribution in [1.29, 1.82) is 0 Å². The molecule has 0 radical (unpaired) electrons. The molecule has 2 aromatic rings. The lowest BCUT2D eigenvalue weighted by molar-refractivity contribution is 0.0910. The van der Waals surface area contributed by atoms with Crippen LogP contribution in [0.2, 0.25) is 0 Å². The fraction of sp³-hybridized carbons (Fsp3) is 0.863. The number of nitrogens with one attached hydrogen (secondary N) is 8. The second-order valence-electron chi connectivity index (χ2n) is 34.1. The molecule has 2 aliphatic heterocycles. The number of nitrogens with zero attached hydrogens (tertiary/aromatic N) is 3. The Morgan fingerprint density at radius 3 is 1.25 bits per heavy atom. The molecule has 570 valence electrons. The van der Waals surface area contributed by atoms with Crippen molar-refractivity contribution in [1.82, 2.24) is 57.3 Å². The van der Waals surface area contributed by atoms with E-state index in [-0.39, 0.29) is 46.4 Å². The van der Waals surface area contributed by atoms with Crippen molar-refractivity contribution in [2.75, 3.05) is 125 Å². The highest BCUT2D eigenvalue weighted by molar-refractivity contribution is 5.17. The van der Waals surface area contributed by atoms with Crippen molar-refractivity contribution in [2.24, 2.45) is 5.92 Å². The fourth-order valence-corrected chi connectivity index (χ4v) is 10.0. The maximum absolute atomic E-state index is 9.82. The molecular weight excluding hydrogens is 1190 g/mol. The van der Waals surface area contributed by atoms with Crippen molar-refractivity contribution in [2.45, 2.75) is 319 Å². The maximum Gasteiger partial charge on any atom is 0.0914 e. The van der Waals surface area contributed by atoms with Crippen LogP contribution in [-0.4, -0.2) is 205 Å². The molecule has 5 rings (SSSR count). The molecule has 1 atom stereocenters. The van der Waals surface area contributed by atoms with Gasteiger partial charge < -0.3 is 77.5 Å². The quantitative estimate of drug-likeness (QED) is 0.0329. The molecule has 16 nitrogen and oxygen atoms in total. The summed E-state index contributed by atoms with van der Waals surface area (Å²) in [6, 6.07) is 14.4. The molecular formula is C80H165N11O5. The highest BCUT2D eigenvalue weighted by atomic mass is 16.5. The molecule has 0 amide bonds. The SMILES string of the molecule is CC(C)(C)NCCC1CCCCC1.CC(C)(C)NCCCCO.CC(C)(C)NCCCN1CCCC1.CC(C)(C)NCCCN1CCCCC1.CC(C)(C)NCCCO.CC(C)(C)NCCOCCO.CC(C)(C)NC[C@H](O)c1ccccc1.CC(C)NCCc1ccncc1. The summed E-state index contributed by atoms with van der Waals surface area (Å²) in [5.41, 5.74) is 3.78. The Hall–Kier alpha value is -2.23. The van der Waals surface area contributed by atoms with Gasteiger partial charge in [0.2, 0.25) is 0 Å². The first-order chi connectivity index (χ1) is 44.7. The lowest BCUT2D eigenvalue weighted by Crippen LogP contribution is -2.38. The van der Waals surface area contributed by atoms with Crippen LogP contribution in [0.25, 0.3) is 0 Å². The number of benzene rings is 1. The van der Waals surface area contributed by atoms with Gasteiger partial charge in [0.05, 0.1) is 25.9 Å². The largest absolute Gasteiger partial charge is 0.396 e. The van der Waals surface area contributed by atoms with E-state index in [1.54, 1.807) is 0 Å². The van der Waals surface area contributed by atoms with Gasteiger partial charge in [-0.1, -0.05) is 82.7 Å². The molecule has 96 heavy (non-hydrogen) atoms. The standard InChI is InChI=1S/C12H26N2.C12H19NO.C12H25N.C11H24N2.C10H16N2.C8H19NO2.C8H19NO.C7H17NO/c1-12(2,3)13-8-7-11-14-9-5-4-6-10-14;1-12(2,3)13-9-11(14)10-7-5-4-6-8-10;1-12(2,3)13-10-9-11-7-5-4-6-8-11;1-11(2,3)12-7-6-10-13-8-4-5-9-13;1-9(2)12-8-5-10-3-6-11-7-4-10;1-8(2,3)9-4-6-11-7-5-10;1-8(2,3)9-6-4-5-7-10;1-7(2,3)8-5-4-6-9/h13H,4-11H2,1-3H3;4-8,11,13-14H,9H2,1-3H3;11,13H,4-10H2,1-3H3;12H,4-10H2,1-3H3;3-4,6-7,9,12H,5,8H2,1-2H3;9-10H,4-7H2,1-3H3;9-10H,4-7H2,1-3H3;8-9H,4-6H2,1-3H3/t;11-;;;;;;/m.0....../s1. The summed E-state index contributed by atoms with van der Waals surface area (Å²) < 4.78 is 5.07. The summed E-state index contributed by atoms with van der Waals surface area (Å²) in [7, 11) is 0. The normalized spacial score (nSPS) is 15.5. The third-order valence-electron chi connectivity index (χ3n) is 15.3. The van der Waals surface area contributed by atoms with Gasteiger partial charge in [-0.25, -0.2) is 0 Å². The number of hydrogen-bond acceptors (Lipinski definition) is 16. The van der Waals surface area contributed by atoms with Gasteiger partial charge in [0.15, 0.2) is 0 Å². The molecule has 1 saturated carbocycles. The Kier molecular flexibility index (Phi) is 59.5. The molecule has 16 heteroatoms. The molecule has 3 aliphatic rings. The summed E-state index contributed by atoms with van der Waals surface area (Å²) in [6.45, 7) is 67.4. The summed E-state index contributed by atoms with van der Waals surface area (Å²) in [5.74, 6) is 1.02. The van der Waals surface area contributed by atoms with E-state index in [1.165, 1.54) is 135 Å². The molecule has 3 fully saturated rings. The van der Waals surface area contributed by atoms with E-state index in [1.807, 2.05) is 42.7 Å². The molecule has 0 bridgehead atoms. The Morgan fingerprint density at radius 2 is 0.833 bits per heavy atom. The monoisotopic (exact) mass is 1360 g/mol. The van der Waals surface area contributed by atoms with Gasteiger partial charge in [-0.3, -0.25) is 4.98 Å². The third kappa shape index (κ3) is 80.7. The van der Waals surface area contributed by atoms with Crippen LogP contribution in [0.15, 0.2) is 54.9 Å². The fourth-order valence-electron chi connectivity index (χ4n) is 10.0. The van der Waals surface area contributed by atoms with E-state index in [0.717, 1.165) is 76.4 Å².